The fraction of sp³-hybridized carbons (Fsp3) is 0.500. The average molecular weight is 315 g/mol. The number of fused-ring (bicyclic) bond motifs is 1. The number of anilines is 2. The first-order valence-corrected chi connectivity index (χ1v) is 6.95. The summed E-state index contributed by atoms with van der Waals surface area (Å²) in [5.74, 6) is 0.778. The zero-order valence-corrected chi connectivity index (χ0v) is 12.3. The molecule has 0 radical (unpaired) electrons. The molecule has 2 amide bonds. The minimum Gasteiger partial charge on any atom is -0.490 e. The molecular formula is C14H19F2N3O3. The Morgan fingerprint density at radius 2 is 2.32 bits per heavy atom. The third kappa shape index (κ3) is 4.73. The Labute approximate surface area is 127 Å². The van der Waals surface area contributed by atoms with Gasteiger partial charge in [0.25, 0.3) is 6.43 Å². The highest BCUT2D eigenvalue weighted by molar-refractivity contribution is 5.90. The van der Waals surface area contributed by atoms with Crippen LogP contribution in [0.1, 0.15) is 0 Å². The van der Waals surface area contributed by atoms with Crippen molar-refractivity contribution < 1.29 is 23.0 Å². The molecular weight excluding hydrogens is 296 g/mol. The molecule has 0 saturated carbocycles. The summed E-state index contributed by atoms with van der Waals surface area (Å²) in [6.45, 7) is 0.991. The van der Waals surface area contributed by atoms with E-state index in [4.69, 9.17) is 4.74 Å². The summed E-state index contributed by atoms with van der Waals surface area (Å²) in [4.78, 5) is 13.7. The first-order chi connectivity index (χ1) is 10.6. The van der Waals surface area contributed by atoms with E-state index in [2.05, 4.69) is 15.4 Å². The second kappa shape index (κ2) is 7.79. The molecule has 1 aliphatic heterocycles. The number of nitrogens with zero attached hydrogens (tertiary/aromatic N) is 1. The number of rotatable bonds is 6. The molecule has 8 heteroatoms. The van der Waals surface area contributed by atoms with Gasteiger partial charge in [0.15, 0.2) is 0 Å². The number of carbonyl (C=O) groups is 1. The van der Waals surface area contributed by atoms with E-state index in [0.29, 0.717) is 12.3 Å². The second-order valence-corrected chi connectivity index (χ2v) is 4.80. The fourth-order valence-electron chi connectivity index (χ4n) is 2.01. The fourth-order valence-corrected chi connectivity index (χ4v) is 2.01. The van der Waals surface area contributed by atoms with Gasteiger partial charge in [0.2, 0.25) is 0 Å². The number of alkyl halides is 2. The first-order valence-electron chi connectivity index (χ1n) is 6.95. The molecule has 0 saturated heterocycles. The minimum atomic E-state index is -2.50. The molecule has 2 N–H and O–H groups in total. The summed E-state index contributed by atoms with van der Waals surface area (Å²) in [5.41, 5.74) is 1.53. The van der Waals surface area contributed by atoms with Crippen molar-refractivity contribution in [2.75, 3.05) is 50.2 Å². The summed E-state index contributed by atoms with van der Waals surface area (Å²) in [6, 6.07) is 4.94. The summed E-state index contributed by atoms with van der Waals surface area (Å²) in [7, 11) is 1.95. The standard InChI is InChI=1S/C14H19F2N3O3/c1-19-5-7-22-12-3-2-10(8-11(12)19)18-14(20)17-4-6-21-9-13(15)16/h2-3,8,13H,4-7,9H2,1H3,(H2,17,18,20). The van der Waals surface area contributed by atoms with Crippen LogP contribution in [-0.2, 0) is 4.74 Å². The number of nitrogens with one attached hydrogen (secondary N) is 2. The lowest BCUT2D eigenvalue weighted by Crippen LogP contribution is -2.32. The Balaban J connectivity index is 1.78. The molecule has 0 atom stereocenters. The molecule has 2 rings (SSSR count). The van der Waals surface area contributed by atoms with Gasteiger partial charge < -0.3 is 25.0 Å². The van der Waals surface area contributed by atoms with Gasteiger partial charge in [-0.05, 0) is 18.2 Å². The number of likely N-dealkylation sites (N-methyl/N-ethyl adjacent to an activating group) is 1. The monoisotopic (exact) mass is 315 g/mol. The maximum absolute atomic E-state index is 11.8. The van der Waals surface area contributed by atoms with Gasteiger partial charge in [0.05, 0.1) is 18.8 Å². The van der Waals surface area contributed by atoms with Crippen LogP contribution in [0.3, 0.4) is 0 Å². The van der Waals surface area contributed by atoms with Crippen LogP contribution in [0.15, 0.2) is 18.2 Å². The van der Waals surface area contributed by atoms with Gasteiger partial charge in [-0.25, -0.2) is 13.6 Å². The van der Waals surface area contributed by atoms with Crippen molar-refractivity contribution in [1.29, 1.82) is 0 Å². The van der Waals surface area contributed by atoms with E-state index < -0.39 is 19.1 Å². The quantitative estimate of drug-likeness (QED) is 0.787. The van der Waals surface area contributed by atoms with Gasteiger partial charge in [-0.2, -0.15) is 0 Å². The van der Waals surface area contributed by atoms with Crippen molar-refractivity contribution in [2.24, 2.45) is 0 Å². The Hall–Kier alpha value is -2.09. The van der Waals surface area contributed by atoms with E-state index in [-0.39, 0.29) is 13.2 Å². The smallest absolute Gasteiger partial charge is 0.319 e. The molecule has 0 fully saturated rings. The van der Waals surface area contributed by atoms with Crippen molar-refractivity contribution in [3.63, 3.8) is 0 Å². The van der Waals surface area contributed by atoms with Crippen LogP contribution in [0.4, 0.5) is 25.0 Å². The van der Waals surface area contributed by atoms with Gasteiger partial charge in [-0.1, -0.05) is 0 Å². The molecule has 0 unspecified atom stereocenters. The molecule has 0 bridgehead atoms. The Kier molecular flexibility index (Phi) is 5.76. The molecule has 1 aromatic rings. The lowest BCUT2D eigenvalue weighted by molar-refractivity contribution is 0.0194. The molecule has 122 valence electrons. The van der Waals surface area contributed by atoms with E-state index in [1.165, 1.54) is 0 Å². The molecule has 1 heterocycles. The zero-order valence-electron chi connectivity index (χ0n) is 12.3. The summed E-state index contributed by atoms with van der Waals surface area (Å²) in [5, 5.41) is 5.21. The van der Waals surface area contributed by atoms with Crippen molar-refractivity contribution in [3.8, 4) is 5.75 Å². The van der Waals surface area contributed by atoms with Crippen molar-refractivity contribution in [2.45, 2.75) is 6.43 Å². The van der Waals surface area contributed by atoms with E-state index in [0.717, 1.165) is 18.0 Å². The minimum absolute atomic E-state index is 0.0402. The molecule has 0 spiro atoms. The Bertz CT molecular complexity index is 514. The third-order valence-electron chi connectivity index (χ3n) is 3.09. The number of benzene rings is 1. The van der Waals surface area contributed by atoms with E-state index >= 15 is 0 Å². The maximum Gasteiger partial charge on any atom is 0.319 e. The number of halogens is 2. The third-order valence-corrected chi connectivity index (χ3v) is 3.09. The Morgan fingerprint density at radius 1 is 1.50 bits per heavy atom. The number of hydrogen-bond donors (Lipinski definition) is 2. The lowest BCUT2D eigenvalue weighted by Gasteiger charge is -2.28. The molecule has 0 aliphatic carbocycles. The number of ether oxygens (including phenoxy) is 2. The van der Waals surface area contributed by atoms with Crippen LogP contribution in [0, 0.1) is 0 Å². The van der Waals surface area contributed by atoms with Crippen LogP contribution in [0.25, 0.3) is 0 Å². The SMILES string of the molecule is CN1CCOc2ccc(NC(=O)NCCOCC(F)F)cc21. The summed E-state index contributed by atoms with van der Waals surface area (Å²) >= 11 is 0. The topological polar surface area (TPSA) is 62.8 Å². The van der Waals surface area contributed by atoms with Crippen LogP contribution in [0.5, 0.6) is 5.75 Å². The lowest BCUT2D eigenvalue weighted by atomic mass is 10.2. The van der Waals surface area contributed by atoms with Crippen LogP contribution >= 0.6 is 0 Å². The summed E-state index contributed by atoms with van der Waals surface area (Å²) in [6.07, 6.45) is -2.50. The van der Waals surface area contributed by atoms with Crippen molar-refractivity contribution in [1.82, 2.24) is 5.32 Å². The first kappa shape index (κ1) is 16.3. The molecule has 6 nitrogen and oxygen atoms in total. The predicted octanol–water partition coefficient (Wildman–Crippen LogP) is 1.92. The number of carbonyl (C=O) groups excluding carboxylic acids is 1. The summed E-state index contributed by atoms with van der Waals surface area (Å²) < 4.78 is 33.9. The normalized spacial score (nSPS) is 13.5. The average Bonchev–Trinajstić information content (AvgIpc) is 2.47. The second-order valence-electron chi connectivity index (χ2n) is 4.80. The molecule has 22 heavy (non-hydrogen) atoms. The number of urea groups is 1. The van der Waals surface area contributed by atoms with Gasteiger partial charge in [0.1, 0.15) is 19.0 Å². The van der Waals surface area contributed by atoms with E-state index in [9.17, 15) is 13.6 Å². The highest BCUT2D eigenvalue weighted by Gasteiger charge is 2.15. The van der Waals surface area contributed by atoms with Gasteiger partial charge in [-0.15, -0.1) is 0 Å². The van der Waals surface area contributed by atoms with Crippen molar-refractivity contribution in [3.05, 3.63) is 18.2 Å². The van der Waals surface area contributed by atoms with Gasteiger partial charge in [0, 0.05) is 19.3 Å². The zero-order chi connectivity index (χ0) is 15.9. The number of amides is 2. The highest BCUT2D eigenvalue weighted by Crippen LogP contribution is 2.33. The van der Waals surface area contributed by atoms with Gasteiger partial charge in [-0.3, -0.25) is 0 Å². The van der Waals surface area contributed by atoms with E-state index in [1.807, 2.05) is 18.0 Å². The number of hydrogen-bond acceptors (Lipinski definition) is 4. The predicted molar refractivity (Wildman–Crippen MR) is 79.1 cm³/mol. The molecule has 0 aromatic heterocycles. The van der Waals surface area contributed by atoms with Crippen LogP contribution in [-0.4, -0.2) is 52.4 Å². The molecule has 1 aliphatic rings. The maximum atomic E-state index is 11.8. The molecule has 1 aromatic carbocycles. The van der Waals surface area contributed by atoms with Crippen molar-refractivity contribution >= 4 is 17.4 Å². The van der Waals surface area contributed by atoms with Crippen LogP contribution in [0.2, 0.25) is 0 Å². The Morgan fingerprint density at radius 3 is 3.09 bits per heavy atom. The largest absolute Gasteiger partial charge is 0.490 e. The van der Waals surface area contributed by atoms with E-state index in [1.54, 1.807) is 12.1 Å². The highest BCUT2D eigenvalue weighted by atomic mass is 19.3. The van der Waals surface area contributed by atoms with Crippen LogP contribution < -0.4 is 20.3 Å². The van der Waals surface area contributed by atoms with Gasteiger partial charge >= 0.3 is 6.03 Å².